The van der Waals surface area contributed by atoms with Crippen molar-refractivity contribution in [1.82, 2.24) is 24.1 Å². The molecule has 0 aliphatic rings. The highest BCUT2D eigenvalue weighted by Gasteiger charge is 2.14. The third kappa shape index (κ3) is 4.45. The highest BCUT2D eigenvalue weighted by atomic mass is 16.5. The van der Waals surface area contributed by atoms with E-state index >= 15 is 0 Å². The van der Waals surface area contributed by atoms with E-state index in [9.17, 15) is 9.59 Å². The van der Waals surface area contributed by atoms with Crippen LogP contribution < -0.4 is 16.0 Å². The molecule has 0 saturated heterocycles. The van der Waals surface area contributed by atoms with Crippen LogP contribution >= 0.6 is 0 Å². The van der Waals surface area contributed by atoms with E-state index in [-0.39, 0.29) is 11.2 Å². The van der Waals surface area contributed by atoms with Gasteiger partial charge in [-0.05, 0) is 44.6 Å². The predicted molar refractivity (Wildman–Crippen MR) is 111 cm³/mol. The average molecular weight is 399 g/mol. The molecule has 0 bridgehead atoms. The van der Waals surface area contributed by atoms with Gasteiger partial charge in [0.2, 0.25) is 5.88 Å². The Balaban J connectivity index is 1.81. The molecule has 3 rings (SSSR count). The van der Waals surface area contributed by atoms with Crippen molar-refractivity contribution in [2.24, 2.45) is 0 Å². The third-order valence-corrected chi connectivity index (χ3v) is 4.39. The van der Waals surface area contributed by atoms with Gasteiger partial charge < -0.3 is 14.5 Å². The van der Waals surface area contributed by atoms with E-state index in [4.69, 9.17) is 9.47 Å². The Morgan fingerprint density at radius 3 is 2.52 bits per heavy atom. The van der Waals surface area contributed by atoms with Crippen LogP contribution in [0.25, 0.3) is 23.3 Å². The number of fused-ring (bicyclic) bond motifs is 1. The Hall–Kier alpha value is -3.20. The number of imidazole rings is 1. The Kier molecular flexibility index (Phi) is 6.61. The Labute approximate surface area is 167 Å². The van der Waals surface area contributed by atoms with Crippen LogP contribution in [-0.4, -0.2) is 43.9 Å². The molecule has 0 radical (unpaired) electrons. The summed E-state index contributed by atoms with van der Waals surface area (Å²) in [7, 11) is 0. The molecule has 0 amide bonds. The van der Waals surface area contributed by atoms with E-state index < -0.39 is 0 Å². The van der Waals surface area contributed by atoms with Gasteiger partial charge in [-0.25, -0.2) is 14.8 Å². The van der Waals surface area contributed by atoms with Crippen molar-refractivity contribution in [3.63, 3.8) is 0 Å². The summed E-state index contributed by atoms with van der Waals surface area (Å²) in [4.78, 5) is 36.6. The molecule has 0 aliphatic heterocycles. The number of aryl methyl sites for hydroxylation is 1. The number of ether oxygens (including phenoxy) is 2. The van der Waals surface area contributed by atoms with Crippen molar-refractivity contribution in [3.8, 4) is 5.88 Å². The number of hydrogen-bond donors (Lipinski definition) is 1. The van der Waals surface area contributed by atoms with Crippen LogP contribution in [0.1, 0.15) is 32.2 Å². The zero-order valence-corrected chi connectivity index (χ0v) is 16.8. The maximum atomic E-state index is 12.5. The first-order chi connectivity index (χ1) is 14.1. The zero-order chi connectivity index (χ0) is 20.8. The summed E-state index contributed by atoms with van der Waals surface area (Å²) in [6.45, 7) is 7.91. The Morgan fingerprint density at radius 1 is 1.07 bits per heavy atom. The van der Waals surface area contributed by atoms with Crippen LogP contribution in [0, 0.1) is 0 Å². The fourth-order valence-electron chi connectivity index (χ4n) is 2.93. The average Bonchev–Trinajstić information content (AvgIpc) is 3.15. The Bertz CT molecular complexity index is 1110. The summed E-state index contributed by atoms with van der Waals surface area (Å²) in [6, 6.07) is 3.65. The fourth-order valence-corrected chi connectivity index (χ4v) is 2.93. The number of nitrogens with zero attached hydrogens (tertiary/aromatic N) is 4. The molecule has 0 aliphatic carbocycles. The fraction of sp³-hybridized carbons (Fsp3) is 0.400. The molecule has 1 N–H and O–H groups in total. The van der Waals surface area contributed by atoms with E-state index in [0.29, 0.717) is 55.8 Å². The molecule has 29 heavy (non-hydrogen) atoms. The van der Waals surface area contributed by atoms with Crippen molar-refractivity contribution >= 4 is 23.3 Å². The Morgan fingerprint density at radius 2 is 1.86 bits per heavy atom. The summed E-state index contributed by atoms with van der Waals surface area (Å²) in [5, 5.41) is 0. The highest BCUT2D eigenvalue weighted by Crippen LogP contribution is 2.12. The monoisotopic (exact) mass is 399 g/mol. The minimum Gasteiger partial charge on any atom is -0.475 e. The molecule has 3 heterocycles. The summed E-state index contributed by atoms with van der Waals surface area (Å²) in [5.74, 6) is 1.02. The van der Waals surface area contributed by atoms with Gasteiger partial charge in [-0.2, -0.15) is 0 Å². The van der Waals surface area contributed by atoms with Crippen molar-refractivity contribution in [2.45, 2.75) is 33.9 Å². The quantitative estimate of drug-likeness (QED) is 0.551. The van der Waals surface area contributed by atoms with Crippen LogP contribution in [0.2, 0.25) is 0 Å². The largest absolute Gasteiger partial charge is 0.475 e. The molecule has 9 heteroatoms. The van der Waals surface area contributed by atoms with Crippen molar-refractivity contribution in [1.29, 1.82) is 0 Å². The first-order valence-electron chi connectivity index (χ1n) is 9.67. The molecule has 0 spiro atoms. The second-order valence-corrected chi connectivity index (χ2v) is 6.21. The van der Waals surface area contributed by atoms with Gasteiger partial charge in [-0.3, -0.25) is 13.9 Å². The first kappa shape index (κ1) is 20.5. The van der Waals surface area contributed by atoms with E-state index in [2.05, 4.69) is 15.0 Å². The van der Waals surface area contributed by atoms with Gasteiger partial charge in [0.25, 0.3) is 5.56 Å². The number of H-pyrrole nitrogens is 1. The number of nitrogens with one attached hydrogen (secondary N) is 1. The summed E-state index contributed by atoms with van der Waals surface area (Å²) in [6.07, 6.45) is 5.25. The van der Waals surface area contributed by atoms with Crippen LogP contribution in [0.15, 0.2) is 27.9 Å². The minimum atomic E-state index is -0.362. The second-order valence-electron chi connectivity index (χ2n) is 6.21. The van der Waals surface area contributed by atoms with Gasteiger partial charge in [0, 0.05) is 32.0 Å². The normalized spacial score (nSPS) is 11.6. The number of rotatable bonds is 9. The number of aromatic amines is 1. The van der Waals surface area contributed by atoms with Crippen molar-refractivity contribution in [3.05, 3.63) is 50.6 Å². The lowest BCUT2D eigenvalue weighted by atomic mass is 10.2. The number of aromatic nitrogens is 5. The number of hydrogen-bond acceptors (Lipinski definition) is 6. The van der Waals surface area contributed by atoms with Gasteiger partial charge in [0.1, 0.15) is 17.9 Å². The highest BCUT2D eigenvalue weighted by molar-refractivity contribution is 5.75. The van der Waals surface area contributed by atoms with E-state index in [1.54, 1.807) is 25.3 Å². The molecular formula is C20H25N5O4. The first-order valence-corrected chi connectivity index (χ1v) is 9.67. The second kappa shape index (κ2) is 9.33. The molecule has 0 saturated carbocycles. The van der Waals surface area contributed by atoms with Gasteiger partial charge in [-0.15, -0.1) is 0 Å². The summed E-state index contributed by atoms with van der Waals surface area (Å²) < 4.78 is 13.4. The molecule has 0 aromatic carbocycles. The van der Waals surface area contributed by atoms with Gasteiger partial charge >= 0.3 is 5.69 Å². The van der Waals surface area contributed by atoms with Crippen LogP contribution in [-0.2, 0) is 17.8 Å². The standard InChI is InChI=1S/C20H25N5O4/c1-4-24-18-17(19(26)25(5-2)20(24)27)22-15(23-18)9-7-14-8-10-16(21-13-14)29-12-11-28-6-3/h7-10,13H,4-6,11-12H2,1-3H3,(H,22,23)/b9-7+. The van der Waals surface area contributed by atoms with Crippen molar-refractivity contribution < 1.29 is 9.47 Å². The molecule has 0 fully saturated rings. The van der Waals surface area contributed by atoms with Crippen LogP contribution in [0.3, 0.4) is 0 Å². The zero-order valence-electron chi connectivity index (χ0n) is 16.8. The maximum absolute atomic E-state index is 12.5. The van der Waals surface area contributed by atoms with Gasteiger partial charge in [0.05, 0.1) is 6.61 Å². The van der Waals surface area contributed by atoms with Crippen molar-refractivity contribution in [2.75, 3.05) is 19.8 Å². The maximum Gasteiger partial charge on any atom is 0.332 e. The lowest BCUT2D eigenvalue weighted by Crippen LogP contribution is -2.39. The topological polar surface area (TPSA) is 104 Å². The lowest BCUT2D eigenvalue weighted by molar-refractivity contribution is 0.108. The molecule has 0 unspecified atom stereocenters. The summed E-state index contributed by atoms with van der Waals surface area (Å²) >= 11 is 0. The third-order valence-electron chi connectivity index (χ3n) is 4.39. The van der Waals surface area contributed by atoms with Crippen LogP contribution in [0.4, 0.5) is 0 Å². The van der Waals surface area contributed by atoms with Gasteiger partial charge in [-0.1, -0.05) is 0 Å². The number of pyridine rings is 1. The molecule has 0 atom stereocenters. The molecule has 154 valence electrons. The van der Waals surface area contributed by atoms with Crippen LogP contribution in [0.5, 0.6) is 5.88 Å². The molecule has 3 aromatic heterocycles. The molecule has 9 nitrogen and oxygen atoms in total. The smallest absolute Gasteiger partial charge is 0.332 e. The van der Waals surface area contributed by atoms with E-state index in [0.717, 1.165) is 5.56 Å². The van der Waals surface area contributed by atoms with E-state index in [1.165, 1.54) is 9.13 Å². The minimum absolute atomic E-state index is 0.308. The SMILES string of the molecule is CCOCCOc1ccc(/C=C/c2nc3c([nH]2)c(=O)n(CC)c(=O)n3CC)cn1. The van der Waals surface area contributed by atoms with Gasteiger partial charge in [0.15, 0.2) is 5.65 Å². The predicted octanol–water partition coefficient (Wildman–Crippen LogP) is 1.91. The lowest BCUT2D eigenvalue weighted by Gasteiger charge is -2.06. The van der Waals surface area contributed by atoms with E-state index in [1.807, 2.05) is 26.0 Å². The molecule has 3 aromatic rings. The molecular weight excluding hydrogens is 374 g/mol. The summed E-state index contributed by atoms with van der Waals surface area (Å²) in [5.41, 5.74) is 0.826.